The molecule has 134 valence electrons. The standard InChI is InChI=1S/C21H18N4OS/c1-15-7-10-17(11-8-15)25-23-19-12-9-16(13-20(19)24-25)22-21(26)14-27-18-5-3-2-4-6-18/h2-13H,14H2,1H3,(H,22,26). The fourth-order valence-electron chi connectivity index (χ4n) is 2.65. The fourth-order valence-corrected chi connectivity index (χ4v) is 3.37. The monoisotopic (exact) mass is 374 g/mol. The van der Waals surface area contributed by atoms with Gasteiger partial charge in [-0.1, -0.05) is 35.9 Å². The van der Waals surface area contributed by atoms with Gasteiger partial charge in [0.25, 0.3) is 0 Å². The van der Waals surface area contributed by atoms with Crippen molar-refractivity contribution in [1.29, 1.82) is 0 Å². The number of hydrogen-bond acceptors (Lipinski definition) is 4. The summed E-state index contributed by atoms with van der Waals surface area (Å²) in [5, 5.41) is 11.9. The topological polar surface area (TPSA) is 59.8 Å². The number of amides is 1. The number of hydrogen-bond donors (Lipinski definition) is 1. The highest BCUT2D eigenvalue weighted by Gasteiger charge is 2.08. The van der Waals surface area contributed by atoms with E-state index in [0.29, 0.717) is 5.75 Å². The summed E-state index contributed by atoms with van der Waals surface area (Å²) < 4.78 is 0. The second kappa shape index (κ2) is 7.63. The minimum atomic E-state index is -0.0471. The number of rotatable bonds is 5. The normalized spacial score (nSPS) is 10.9. The van der Waals surface area contributed by atoms with Crippen LogP contribution in [0, 0.1) is 6.92 Å². The molecule has 5 nitrogen and oxygen atoms in total. The second-order valence-corrected chi connectivity index (χ2v) is 7.23. The van der Waals surface area contributed by atoms with E-state index in [1.165, 1.54) is 17.3 Å². The maximum absolute atomic E-state index is 12.2. The number of nitrogens with zero attached hydrogens (tertiary/aromatic N) is 3. The Morgan fingerprint density at radius 1 is 0.963 bits per heavy atom. The van der Waals surface area contributed by atoms with E-state index >= 15 is 0 Å². The molecule has 27 heavy (non-hydrogen) atoms. The Labute approximate surface area is 161 Å². The molecule has 0 unspecified atom stereocenters. The van der Waals surface area contributed by atoms with Crippen LogP contribution in [-0.2, 0) is 4.79 Å². The summed E-state index contributed by atoms with van der Waals surface area (Å²) in [4.78, 5) is 14.9. The molecule has 1 N–H and O–H groups in total. The molecule has 0 spiro atoms. The van der Waals surface area contributed by atoms with Crippen LogP contribution in [0.5, 0.6) is 0 Å². The molecule has 1 aromatic heterocycles. The number of nitrogens with one attached hydrogen (secondary N) is 1. The van der Waals surface area contributed by atoms with Crippen LogP contribution in [0.25, 0.3) is 16.7 Å². The van der Waals surface area contributed by atoms with Gasteiger partial charge in [-0.25, -0.2) is 0 Å². The molecule has 0 atom stereocenters. The maximum Gasteiger partial charge on any atom is 0.234 e. The summed E-state index contributed by atoms with van der Waals surface area (Å²) in [6.07, 6.45) is 0. The highest BCUT2D eigenvalue weighted by atomic mass is 32.2. The summed E-state index contributed by atoms with van der Waals surface area (Å²) in [6, 6.07) is 23.5. The number of aromatic nitrogens is 3. The van der Waals surface area contributed by atoms with Crippen molar-refractivity contribution in [3.8, 4) is 5.69 Å². The van der Waals surface area contributed by atoms with Crippen LogP contribution in [0.4, 0.5) is 5.69 Å². The number of carbonyl (C=O) groups is 1. The van der Waals surface area contributed by atoms with Crippen molar-refractivity contribution >= 4 is 34.4 Å². The van der Waals surface area contributed by atoms with Crippen LogP contribution in [0.15, 0.2) is 77.7 Å². The molecule has 0 radical (unpaired) electrons. The van der Waals surface area contributed by atoms with Gasteiger partial charge >= 0.3 is 0 Å². The zero-order chi connectivity index (χ0) is 18.6. The van der Waals surface area contributed by atoms with E-state index in [9.17, 15) is 4.79 Å². The highest BCUT2D eigenvalue weighted by Crippen LogP contribution is 2.20. The molecular weight excluding hydrogens is 356 g/mol. The predicted molar refractivity (Wildman–Crippen MR) is 109 cm³/mol. The zero-order valence-electron chi connectivity index (χ0n) is 14.8. The smallest absolute Gasteiger partial charge is 0.234 e. The first-order valence-corrected chi connectivity index (χ1v) is 9.58. The molecular formula is C21H18N4OS. The predicted octanol–water partition coefficient (Wildman–Crippen LogP) is 4.46. The Kier molecular flexibility index (Phi) is 4.89. The van der Waals surface area contributed by atoms with E-state index in [-0.39, 0.29) is 5.91 Å². The summed E-state index contributed by atoms with van der Waals surface area (Å²) in [6.45, 7) is 2.04. The number of fused-ring (bicyclic) bond motifs is 1. The first kappa shape index (κ1) is 17.3. The Hall–Kier alpha value is -3.12. The van der Waals surface area contributed by atoms with Crippen molar-refractivity contribution in [2.75, 3.05) is 11.1 Å². The molecule has 1 heterocycles. The largest absolute Gasteiger partial charge is 0.325 e. The summed E-state index contributed by atoms with van der Waals surface area (Å²) >= 11 is 1.51. The van der Waals surface area contributed by atoms with Crippen molar-refractivity contribution in [2.45, 2.75) is 11.8 Å². The Balaban J connectivity index is 1.46. The molecule has 0 bridgehead atoms. The van der Waals surface area contributed by atoms with Gasteiger partial charge in [-0.15, -0.1) is 22.0 Å². The molecule has 3 aromatic carbocycles. The van der Waals surface area contributed by atoms with Gasteiger partial charge in [-0.05, 0) is 49.4 Å². The first-order valence-electron chi connectivity index (χ1n) is 8.59. The molecule has 6 heteroatoms. The average Bonchev–Trinajstić information content (AvgIpc) is 3.11. The van der Waals surface area contributed by atoms with Crippen molar-refractivity contribution in [1.82, 2.24) is 15.0 Å². The van der Waals surface area contributed by atoms with Crippen LogP contribution in [0.2, 0.25) is 0 Å². The van der Waals surface area contributed by atoms with E-state index in [2.05, 4.69) is 15.5 Å². The molecule has 4 rings (SSSR count). The molecule has 0 aliphatic heterocycles. The van der Waals surface area contributed by atoms with Gasteiger partial charge in [0.05, 0.1) is 11.4 Å². The van der Waals surface area contributed by atoms with Crippen LogP contribution >= 0.6 is 11.8 Å². The molecule has 0 fully saturated rings. The lowest BCUT2D eigenvalue weighted by molar-refractivity contribution is -0.113. The summed E-state index contributed by atoms with van der Waals surface area (Å²) in [5.74, 6) is 0.312. The number of anilines is 1. The van der Waals surface area contributed by atoms with Gasteiger partial charge in [-0.2, -0.15) is 4.80 Å². The maximum atomic E-state index is 12.2. The van der Waals surface area contributed by atoms with Crippen molar-refractivity contribution in [2.24, 2.45) is 0 Å². The van der Waals surface area contributed by atoms with Gasteiger partial charge in [0.1, 0.15) is 11.0 Å². The van der Waals surface area contributed by atoms with Gasteiger partial charge < -0.3 is 5.32 Å². The second-order valence-electron chi connectivity index (χ2n) is 6.18. The first-order chi connectivity index (χ1) is 13.2. The number of benzene rings is 3. The summed E-state index contributed by atoms with van der Waals surface area (Å²) in [5.41, 5.74) is 4.34. The van der Waals surface area contributed by atoms with Crippen molar-refractivity contribution in [3.05, 3.63) is 78.4 Å². The van der Waals surface area contributed by atoms with E-state index in [0.717, 1.165) is 27.3 Å². The van der Waals surface area contributed by atoms with Crippen molar-refractivity contribution in [3.63, 3.8) is 0 Å². The third-order valence-corrected chi connectivity index (χ3v) is 5.05. The fraction of sp³-hybridized carbons (Fsp3) is 0.0952. The van der Waals surface area contributed by atoms with Gasteiger partial charge in [0, 0.05) is 10.6 Å². The molecule has 4 aromatic rings. The number of carbonyl (C=O) groups excluding carboxylic acids is 1. The third-order valence-electron chi connectivity index (χ3n) is 4.04. The SMILES string of the molecule is Cc1ccc(-n2nc3ccc(NC(=O)CSc4ccccc4)cc3n2)cc1. The van der Waals surface area contributed by atoms with Gasteiger partial charge in [-0.3, -0.25) is 4.79 Å². The molecule has 0 aliphatic rings. The average molecular weight is 374 g/mol. The van der Waals surface area contributed by atoms with E-state index < -0.39 is 0 Å². The minimum Gasteiger partial charge on any atom is -0.325 e. The van der Waals surface area contributed by atoms with Crippen LogP contribution < -0.4 is 5.32 Å². The molecule has 1 amide bonds. The number of thioether (sulfide) groups is 1. The lowest BCUT2D eigenvalue weighted by Crippen LogP contribution is -2.13. The highest BCUT2D eigenvalue weighted by molar-refractivity contribution is 8.00. The Morgan fingerprint density at radius 2 is 1.70 bits per heavy atom. The Morgan fingerprint density at radius 3 is 2.48 bits per heavy atom. The Bertz CT molecular complexity index is 1070. The van der Waals surface area contributed by atoms with Gasteiger partial charge in [0.15, 0.2) is 0 Å². The molecule has 0 saturated heterocycles. The quantitative estimate of drug-likeness (QED) is 0.524. The third kappa shape index (κ3) is 4.17. The van der Waals surface area contributed by atoms with E-state index in [1.54, 1.807) is 4.80 Å². The van der Waals surface area contributed by atoms with Crippen molar-refractivity contribution < 1.29 is 4.79 Å². The lowest BCUT2D eigenvalue weighted by atomic mass is 10.2. The molecule has 0 aliphatic carbocycles. The summed E-state index contributed by atoms with van der Waals surface area (Å²) in [7, 11) is 0. The minimum absolute atomic E-state index is 0.0471. The molecule has 0 saturated carbocycles. The van der Waals surface area contributed by atoms with Crippen LogP contribution in [0.3, 0.4) is 0 Å². The van der Waals surface area contributed by atoms with E-state index in [4.69, 9.17) is 0 Å². The zero-order valence-corrected chi connectivity index (χ0v) is 15.6. The lowest BCUT2D eigenvalue weighted by Gasteiger charge is -2.04. The van der Waals surface area contributed by atoms with Gasteiger partial charge in [0.2, 0.25) is 5.91 Å². The number of aryl methyl sites for hydroxylation is 1. The van der Waals surface area contributed by atoms with Crippen LogP contribution in [0.1, 0.15) is 5.56 Å². The van der Waals surface area contributed by atoms with Crippen LogP contribution in [-0.4, -0.2) is 26.7 Å². The van der Waals surface area contributed by atoms with E-state index in [1.807, 2.05) is 79.7 Å².